The van der Waals surface area contributed by atoms with Crippen molar-refractivity contribution in [2.75, 3.05) is 33.1 Å². The van der Waals surface area contributed by atoms with Crippen molar-refractivity contribution in [1.29, 1.82) is 0 Å². The van der Waals surface area contributed by atoms with Crippen LogP contribution in [-0.4, -0.2) is 37.5 Å². The minimum atomic E-state index is 0. The number of halogens is 2. The number of quaternary nitrogens is 1. The molecule has 0 aromatic carbocycles. The molecule has 124 valence electrons. The molecular weight excluding hydrogens is 334 g/mol. The molecule has 0 atom stereocenters. The summed E-state index contributed by atoms with van der Waals surface area (Å²) in [5.74, 6) is 0.805. The first-order chi connectivity index (χ1) is 9.12. The van der Waals surface area contributed by atoms with E-state index in [1.807, 2.05) is 0 Å². The zero-order valence-corrected chi connectivity index (χ0v) is 16.4. The Kier molecular flexibility index (Phi) is 18.5. The van der Waals surface area contributed by atoms with E-state index in [1.165, 1.54) is 77.3 Å². The molecule has 20 heavy (non-hydrogen) atoms. The Morgan fingerprint density at radius 2 is 1.05 bits per heavy atom. The number of alkyl halides is 1. The van der Waals surface area contributed by atoms with E-state index in [0.29, 0.717) is 0 Å². The van der Waals surface area contributed by atoms with Crippen LogP contribution in [-0.2, 0) is 0 Å². The van der Waals surface area contributed by atoms with E-state index in [0.717, 1.165) is 16.8 Å². The van der Waals surface area contributed by atoms with Gasteiger partial charge in [0.15, 0.2) is 0 Å². The van der Waals surface area contributed by atoms with E-state index in [-0.39, 0.29) is 17.0 Å². The fraction of sp³-hybridized carbons (Fsp3) is 1.00. The van der Waals surface area contributed by atoms with Crippen molar-refractivity contribution in [2.24, 2.45) is 0 Å². The van der Waals surface area contributed by atoms with Crippen LogP contribution in [0.1, 0.15) is 77.6 Å². The van der Waals surface area contributed by atoms with Crippen LogP contribution in [0.5, 0.6) is 0 Å². The van der Waals surface area contributed by atoms with E-state index in [1.54, 1.807) is 0 Å². The first-order valence-electron chi connectivity index (χ1n) is 8.50. The van der Waals surface area contributed by atoms with Crippen molar-refractivity contribution in [2.45, 2.75) is 77.6 Å². The van der Waals surface area contributed by atoms with Crippen LogP contribution < -0.4 is 17.0 Å². The molecule has 0 aliphatic heterocycles. The molecule has 0 aromatic heterocycles. The number of unbranched alkanes of at least 4 members (excludes halogenated alkanes) is 9. The SMILES string of the molecule is CCCCCCCCCCCC[N+](C)(C)CCCCl.[Br-]. The number of hydrogen-bond donors (Lipinski definition) is 0. The van der Waals surface area contributed by atoms with Gasteiger partial charge in [-0.3, -0.25) is 0 Å². The molecule has 0 aromatic rings. The second kappa shape index (κ2) is 16.1. The Morgan fingerprint density at radius 3 is 1.50 bits per heavy atom. The van der Waals surface area contributed by atoms with Gasteiger partial charge in [-0.1, -0.05) is 58.3 Å². The van der Waals surface area contributed by atoms with Crippen LogP contribution in [0.4, 0.5) is 0 Å². The smallest absolute Gasteiger partial charge is 0.0794 e. The highest BCUT2D eigenvalue weighted by atomic mass is 79.9. The maximum atomic E-state index is 5.76. The molecule has 0 amide bonds. The summed E-state index contributed by atoms with van der Waals surface area (Å²) in [6.07, 6.45) is 15.4. The minimum Gasteiger partial charge on any atom is -1.00 e. The van der Waals surface area contributed by atoms with Gasteiger partial charge in [0, 0.05) is 12.3 Å². The molecule has 0 saturated carbocycles. The molecule has 0 spiro atoms. The molecule has 0 aliphatic carbocycles. The molecule has 1 nitrogen and oxygen atoms in total. The number of hydrogen-bond acceptors (Lipinski definition) is 0. The fourth-order valence-electron chi connectivity index (χ4n) is 2.63. The van der Waals surface area contributed by atoms with Gasteiger partial charge < -0.3 is 21.5 Å². The highest BCUT2D eigenvalue weighted by Gasteiger charge is 2.12. The van der Waals surface area contributed by atoms with Gasteiger partial charge in [0.1, 0.15) is 0 Å². The van der Waals surface area contributed by atoms with Crippen LogP contribution in [0.15, 0.2) is 0 Å². The van der Waals surface area contributed by atoms with E-state index in [2.05, 4.69) is 21.0 Å². The summed E-state index contributed by atoms with van der Waals surface area (Å²) in [7, 11) is 4.67. The molecule has 0 fully saturated rings. The third kappa shape index (κ3) is 16.8. The van der Waals surface area contributed by atoms with Gasteiger partial charge >= 0.3 is 0 Å². The molecule has 0 N–H and O–H groups in total. The maximum absolute atomic E-state index is 5.76. The Balaban J connectivity index is 0. The molecule has 0 bridgehead atoms. The number of nitrogens with zero attached hydrogens (tertiary/aromatic N) is 1. The summed E-state index contributed by atoms with van der Waals surface area (Å²) in [5.41, 5.74) is 0. The summed E-state index contributed by atoms with van der Waals surface area (Å²) in [6.45, 7) is 4.82. The third-order valence-electron chi connectivity index (χ3n) is 4.01. The van der Waals surface area contributed by atoms with Crippen molar-refractivity contribution in [3.05, 3.63) is 0 Å². The second-order valence-electron chi connectivity index (χ2n) is 6.61. The highest BCUT2D eigenvalue weighted by molar-refractivity contribution is 6.17. The Hall–Kier alpha value is 0.730. The summed E-state index contributed by atoms with van der Waals surface area (Å²) in [6, 6.07) is 0. The van der Waals surface area contributed by atoms with Gasteiger partial charge in [-0.05, 0) is 12.8 Å². The van der Waals surface area contributed by atoms with Gasteiger partial charge in [-0.25, -0.2) is 0 Å². The predicted molar refractivity (Wildman–Crippen MR) is 89.0 cm³/mol. The summed E-state index contributed by atoms with van der Waals surface area (Å²) >= 11 is 5.76. The van der Waals surface area contributed by atoms with E-state index in [9.17, 15) is 0 Å². The zero-order valence-electron chi connectivity index (χ0n) is 14.1. The van der Waals surface area contributed by atoms with Gasteiger partial charge in [0.2, 0.25) is 0 Å². The maximum Gasteiger partial charge on any atom is 0.0794 e. The predicted octanol–water partition coefficient (Wildman–Crippen LogP) is 2.62. The lowest BCUT2D eigenvalue weighted by Gasteiger charge is -2.29. The molecule has 0 rings (SSSR count). The Labute approximate surface area is 143 Å². The van der Waals surface area contributed by atoms with Crippen molar-refractivity contribution < 1.29 is 21.5 Å². The molecular formula is C17H37BrClN. The standard InChI is InChI=1S/C17H37ClN.BrH/c1-4-5-6-7-8-9-10-11-12-13-16-19(2,3)17-14-15-18;/h4-17H2,1-3H3;1H/q+1;/p-1. The fourth-order valence-corrected chi connectivity index (χ4v) is 2.75. The average molecular weight is 371 g/mol. The van der Waals surface area contributed by atoms with Crippen LogP contribution >= 0.6 is 11.6 Å². The zero-order chi connectivity index (χ0) is 14.4. The topological polar surface area (TPSA) is 0 Å². The van der Waals surface area contributed by atoms with Gasteiger partial charge in [-0.2, -0.15) is 0 Å². The molecule has 3 heteroatoms. The molecule has 0 heterocycles. The number of rotatable bonds is 14. The van der Waals surface area contributed by atoms with Crippen molar-refractivity contribution in [3.63, 3.8) is 0 Å². The highest BCUT2D eigenvalue weighted by Crippen LogP contribution is 2.11. The minimum absolute atomic E-state index is 0. The van der Waals surface area contributed by atoms with Crippen LogP contribution in [0, 0.1) is 0 Å². The normalized spacial score (nSPS) is 11.4. The molecule has 0 saturated heterocycles. The Morgan fingerprint density at radius 1 is 0.650 bits per heavy atom. The lowest BCUT2D eigenvalue weighted by atomic mass is 10.1. The monoisotopic (exact) mass is 369 g/mol. The first kappa shape index (κ1) is 23.0. The van der Waals surface area contributed by atoms with Gasteiger partial charge in [0.25, 0.3) is 0 Å². The summed E-state index contributed by atoms with van der Waals surface area (Å²) in [5, 5.41) is 0. The molecule has 0 radical (unpaired) electrons. The van der Waals surface area contributed by atoms with Crippen molar-refractivity contribution in [1.82, 2.24) is 0 Å². The first-order valence-corrected chi connectivity index (χ1v) is 9.04. The van der Waals surface area contributed by atoms with Crippen LogP contribution in [0.3, 0.4) is 0 Å². The van der Waals surface area contributed by atoms with Crippen LogP contribution in [0.2, 0.25) is 0 Å². The molecule has 0 aliphatic rings. The lowest BCUT2D eigenvalue weighted by molar-refractivity contribution is -0.890. The summed E-state index contributed by atoms with van der Waals surface area (Å²) < 4.78 is 1.14. The van der Waals surface area contributed by atoms with Gasteiger partial charge in [-0.15, -0.1) is 11.6 Å². The third-order valence-corrected chi connectivity index (χ3v) is 4.28. The summed E-state index contributed by atoms with van der Waals surface area (Å²) in [4.78, 5) is 0. The molecule has 0 unspecified atom stereocenters. The van der Waals surface area contributed by atoms with Crippen molar-refractivity contribution >= 4 is 11.6 Å². The Bertz CT molecular complexity index is 186. The lowest BCUT2D eigenvalue weighted by Crippen LogP contribution is -3.00. The quantitative estimate of drug-likeness (QED) is 0.250. The average Bonchev–Trinajstić information content (AvgIpc) is 2.38. The largest absolute Gasteiger partial charge is 1.00 e. The van der Waals surface area contributed by atoms with E-state index >= 15 is 0 Å². The second-order valence-corrected chi connectivity index (χ2v) is 6.99. The van der Waals surface area contributed by atoms with Crippen LogP contribution in [0.25, 0.3) is 0 Å². The van der Waals surface area contributed by atoms with E-state index in [4.69, 9.17) is 11.6 Å². The van der Waals surface area contributed by atoms with E-state index < -0.39 is 0 Å². The van der Waals surface area contributed by atoms with Gasteiger partial charge in [0.05, 0.1) is 27.2 Å². The van der Waals surface area contributed by atoms with Crippen molar-refractivity contribution in [3.8, 4) is 0 Å².